The van der Waals surface area contributed by atoms with Gasteiger partial charge in [-0.15, -0.1) is 0 Å². The van der Waals surface area contributed by atoms with E-state index in [1.807, 2.05) is 55.3 Å². The summed E-state index contributed by atoms with van der Waals surface area (Å²) in [7, 11) is 1.93. The molecule has 2 aromatic carbocycles. The minimum atomic E-state index is -0.299. The largest absolute Gasteiger partial charge is 0.355 e. The van der Waals surface area contributed by atoms with Gasteiger partial charge in [0.15, 0.2) is 0 Å². The average Bonchev–Trinajstić information content (AvgIpc) is 2.65. The Balaban J connectivity index is 1.76. The van der Waals surface area contributed by atoms with Crippen molar-refractivity contribution in [1.82, 2.24) is 9.97 Å². The summed E-state index contributed by atoms with van der Waals surface area (Å²) in [5, 5.41) is 3.42. The molecule has 3 rings (SSSR count). The zero-order chi connectivity index (χ0) is 18.5. The van der Waals surface area contributed by atoms with Crippen LogP contribution in [-0.2, 0) is 6.54 Å². The van der Waals surface area contributed by atoms with E-state index in [1.54, 1.807) is 18.2 Å². The number of carbonyl (C=O) groups excluding carboxylic acids is 1. The summed E-state index contributed by atoms with van der Waals surface area (Å²) in [6.07, 6.45) is 1.40. The van der Waals surface area contributed by atoms with E-state index in [0.29, 0.717) is 28.8 Å². The Labute approximate surface area is 157 Å². The number of halogens is 1. The molecule has 1 aromatic heterocycles. The van der Waals surface area contributed by atoms with Gasteiger partial charge in [0, 0.05) is 30.4 Å². The molecule has 0 fully saturated rings. The van der Waals surface area contributed by atoms with Crippen LogP contribution in [0.3, 0.4) is 0 Å². The van der Waals surface area contributed by atoms with Crippen molar-refractivity contribution in [2.24, 2.45) is 0 Å². The number of nitrogens with one attached hydrogen (secondary N) is 1. The van der Waals surface area contributed by atoms with Crippen LogP contribution in [0.2, 0.25) is 5.02 Å². The molecular weight excluding hydrogens is 348 g/mol. The molecular formula is C20H19ClN4O. The second-order valence-electron chi connectivity index (χ2n) is 6.02. The fraction of sp³-hybridized carbons (Fsp3) is 0.150. The van der Waals surface area contributed by atoms with Crippen LogP contribution in [0.1, 0.15) is 21.6 Å². The number of benzene rings is 2. The molecule has 0 aliphatic rings. The fourth-order valence-corrected chi connectivity index (χ4v) is 2.71. The first-order valence-electron chi connectivity index (χ1n) is 8.17. The monoisotopic (exact) mass is 366 g/mol. The lowest BCUT2D eigenvalue weighted by molar-refractivity contribution is 0.102. The highest BCUT2D eigenvalue weighted by atomic mass is 35.5. The Morgan fingerprint density at radius 2 is 1.88 bits per heavy atom. The molecule has 5 nitrogen and oxygen atoms in total. The van der Waals surface area contributed by atoms with Crippen molar-refractivity contribution >= 4 is 29.0 Å². The van der Waals surface area contributed by atoms with Crippen LogP contribution in [0, 0.1) is 6.92 Å². The Kier molecular flexibility index (Phi) is 5.49. The second-order valence-corrected chi connectivity index (χ2v) is 6.45. The van der Waals surface area contributed by atoms with E-state index in [4.69, 9.17) is 11.6 Å². The third-order valence-corrected chi connectivity index (χ3v) is 4.22. The lowest BCUT2D eigenvalue weighted by atomic mass is 10.2. The molecule has 1 amide bonds. The fourth-order valence-electron chi connectivity index (χ4n) is 2.53. The highest BCUT2D eigenvalue weighted by Gasteiger charge is 2.13. The second kappa shape index (κ2) is 7.97. The first-order valence-corrected chi connectivity index (χ1v) is 8.55. The van der Waals surface area contributed by atoms with Crippen molar-refractivity contribution in [1.29, 1.82) is 0 Å². The SMILES string of the molecule is Cc1ccc(Cl)cc1NC(=O)c1cc(N(C)Cc2ccccc2)ncn1. The summed E-state index contributed by atoms with van der Waals surface area (Å²) < 4.78 is 0. The van der Waals surface area contributed by atoms with Gasteiger partial charge in [-0.1, -0.05) is 48.0 Å². The number of nitrogens with zero attached hydrogens (tertiary/aromatic N) is 3. The van der Waals surface area contributed by atoms with Gasteiger partial charge in [0.1, 0.15) is 17.8 Å². The first kappa shape index (κ1) is 17.9. The number of anilines is 2. The van der Waals surface area contributed by atoms with E-state index in [2.05, 4.69) is 15.3 Å². The zero-order valence-corrected chi connectivity index (χ0v) is 15.4. The number of hydrogen-bond acceptors (Lipinski definition) is 4. The molecule has 0 radical (unpaired) electrons. The summed E-state index contributed by atoms with van der Waals surface area (Å²) in [6, 6.07) is 17.1. The number of aryl methyl sites for hydroxylation is 1. The summed E-state index contributed by atoms with van der Waals surface area (Å²) in [6.45, 7) is 2.59. The average molecular weight is 367 g/mol. The van der Waals surface area contributed by atoms with Crippen LogP contribution in [0.4, 0.5) is 11.5 Å². The van der Waals surface area contributed by atoms with E-state index in [9.17, 15) is 4.79 Å². The number of rotatable bonds is 5. The summed E-state index contributed by atoms with van der Waals surface area (Å²) >= 11 is 6.01. The molecule has 0 unspecified atom stereocenters. The van der Waals surface area contributed by atoms with Gasteiger partial charge in [0.05, 0.1) is 0 Å². The normalized spacial score (nSPS) is 10.4. The third-order valence-electron chi connectivity index (χ3n) is 3.99. The lowest BCUT2D eigenvalue weighted by Crippen LogP contribution is -2.20. The van der Waals surface area contributed by atoms with Gasteiger partial charge >= 0.3 is 0 Å². The number of amides is 1. The standard InChI is InChI=1S/C20H19ClN4O/c1-14-8-9-16(21)10-17(14)24-20(26)18-11-19(23-13-22-18)25(2)12-15-6-4-3-5-7-15/h3-11,13H,12H2,1-2H3,(H,24,26). The Bertz CT molecular complexity index is 915. The predicted molar refractivity (Wildman–Crippen MR) is 105 cm³/mol. The van der Waals surface area contributed by atoms with Gasteiger partial charge in [-0.05, 0) is 30.2 Å². The van der Waals surface area contributed by atoms with Crippen molar-refractivity contribution < 1.29 is 4.79 Å². The smallest absolute Gasteiger partial charge is 0.274 e. The van der Waals surface area contributed by atoms with Crippen LogP contribution >= 0.6 is 11.6 Å². The van der Waals surface area contributed by atoms with Crippen LogP contribution in [0.5, 0.6) is 0 Å². The van der Waals surface area contributed by atoms with Crippen molar-refractivity contribution in [2.45, 2.75) is 13.5 Å². The molecule has 0 bridgehead atoms. The molecule has 0 atom stereocenters. The highest BCUT2D eigenvalue weighted by molar-refractivity contribution is 6.31. The minimum absolute atomic E-state index is 0.299. The first-order chi connectivity index (χ1) is 12.5. The summed E-state index contributed by atoms with van der Waals surface area (Å²) in [4.78, 5) is 22.9. The van der Waals surface area contributed by atoms with Crippen molar-refractivity contribution in [3.63, 3.8) is 0 Å². The van der Waals surface area contributed by atoms with Gasteiger partial charge in [-0.2, -0.15) is 0 Å². The molecule has 26 heavy (non-hydrogen) atoms. The molecule has 1 N–H and O–H groups in total. The van der Waals surface area contributed by atoms with Crippen LogP contribution in [0.25, 0.3) is 0 Å². The number of aromatic nitrogens is 2. The van der Waals surface area contributed by atoms with E-state index >= 15 is 0 Å². The van der Waals surface area contributed by atoms with Crippen LogP contribution in [0.15, 0.2) is 60.9 Å². The van der Waals surface area contributed by atoms with E-state index in [0.717, 1.165) is 11.1 Å². The Hall–Kier alpha value is -2.92. The number of carbonyl (C=O) groups is 1. The predicted octanol–water partition coefficient (Wildman–Crippen LogP) is 4.33. The Morgan fingerprint density at radius 1 is 1.12 bits per heavy atom. The lowest BCUT2D eigenvalue weighted by Gasteiger charge is -2.18. The van der Waals surface area contributed by atoms with Crippen molar-refractivity contribution in [2.75, 3.05) is 17.3 Å². The van der Waals surface area contributed by atoms with Gasteiger partial charge in [0.25, 0.3) is 5.91 Å². The van der Waals surface area contributed by atoms with Gasteiger partial charge in [-0.25, -0.2) is 9.97 Å². The van der Waals surface area contributed by atoms with Crippen LogP contribution < -0.4 is 10.2 Å². The maximum Gasteiger partial charge on any atom is 0.274 e. The van der Waals surface area contributed by atoms with Gasteiger partial charge < -0.3 is 10.2 Å². The molecule has 132 valence electrons. The van der Waals surface area contributed by atoms with Crippen LogP contribution in [-0.4, -0.2) is 22.9 Å². The molecule has 3 aromatic rings. The maximum absolute atomic E-state index is 12.5. The maximum atomic E-state index is 12.5. The van der Waals surface area contributed by atoms with E-state index < -0.39 is 0 Å². The molecule has 0 spiro atoms. The quantitative estimate of drug-likeness (QED) is 0.730. The molecule has 0 saturated heterocycles. The van der Waals surface area contributed by atoms with Gasteiger partial charge in [0.2, 0.25) is 0 Å². The highest BCUT2D eigenvalue weighted by Crippen LogP contribution is 2.21. The summed E-state index contributed by atoms with van der Waals surface area (Å²) in [5.41, 5.74) is 3.06. The summed E-state index contributed by atoms with van der Waals surface area (Å²) in [5.74, 6) is 0.379. The molecule has 0 aliphatic carbocycles. The van der Waals surface area contributed by atoms with Gasteiger partial charge in [-0.3, -0.25) is 4.79 Å². The molecule has 0 aliphatic heterocycles. The zero-order valence-electron chi connectivity index (χ0n) is 14.6. The molecule has 0 saturated carbocycles. The van der Waals surface area contributed by atoms with Crippen molar-refractivity contribution in [3.8, 4) is 0 Å². The Morgan fingerprint density at radius 3 is 2.65 bits per heavy atom. The van der Waals surface area contributed by atoms with E-state index in [-0.39, 0.29) is 5.91 Å². The third kappa shape index (κ3) is 4.37. The van der Waals surface area contributed by atoms with Crippen molar-refractivity contribution in [3.05, 3.63) is 82.8 Å². The van der Waals surface area contributed by atoms with E-state index in [1.165, 1.54) is 6.33 Å². The topological polar surface area (TPSA) is 58.1 Å². The molecule has 1 heterocycles. The molecule has 6 heteroatoms. The number of hydrogen-bond donors (Lipinski definition) is 1. The minimum Gasteiger partial charge on any atom is -0.355 e.